The van der Waals surface area contributed by atoms with Crippen molar-refractivity contribution in [2.75, 3.05) is 19.1 Å². The van der Waals surface area contributed by atoms with Crippen LogP contribution < -0.4 is 5.01 Å². The van der Waals surface area contributed by atoms with Crippen LogP contribution in [0.5, 0.6) is 0 Å². The van der Waals surface area contributed by atoms with E-state index in [-0.39, 0.29) is 5.56 Å². The number of fused-ring (bicyclic) bond motifs is 1. The fraction of sp³-hybridized carbons (Fsp3) is 0.385. The van der Waals surface area contributed by atoms with E-state index in [4.69, 9.17) is 0 Å². The largest absolute Gasteiger partial charge is 0.478 e. The molecule has 1 aliphatic carbocycles. The third-order valence-corrected chi connectivity index (χ3v) is 3.26. The summed E-state index contributed by atoms with van der Waals surface area (Å²) < 4.78 is 2.01. The van der Waals surface area contributed by atoms with E-state index in [0.717, 1.165) is 24.2 Å². The highest BCUT2D eigenvalue weighted by molar-refractivity contribution is 6.01. The number of carboxylic acid groups (broad SMARTS) is 1. The van der Waals surface area contributed by atoms with Crippen molar-refractivity contribution in [3.63, 3.8) is 0 Å². The Bertz CT molecular complexity index is 626. The van der Waals surface area contributed by atoms with Crippen LogP contribution in [0.1, 0.15) is 34.9 Å². The fourth-order valence-electron chi connectivity index (χ4n) is 2.30. The van der Waals surface area contributed by atoms with Gasteiger partial charge in [-0.25, -0.2) is 14.5 Å². The molecule has 1 aromatic heterocycles. The Balaban J connectivity index is 2.32. The molecule has 94 valence electrons. The van der Waals surface area contributed by atoms with Crippen LogP contribution in [0.15, 0.2) is 18.2 Å². The van der Waals surface area contributed by atoms with Crippen molar-refractivity contribution in [1.82, 2.24) is 9.66 Å². The van der Waals surface area contributed by atoms with E-state index in [2.05, 4.69) is 4.98 Å². The lowest BCUT2D eigenvalue weighted by molar-refractivity contribution is 0.0699. The molecule has 1 heterocycles. The van der Waals surface area contributed by atoms with Gasteiger partial charge in [-0.15, -0.1) is 0 Å². The number of carbonyl (C=O) groups is 1. The Labute approximate surface area is 105 Å². The topological polar surface area (TPSA) is 58.4 Å². The van der Waals surface area contributed by atoms with Gasteiger partial charge in [0.2, 0.25) is 0 Å². The molecule has 0 saturated heterocycles. The third kappa shape index (κ3) is 1.54. The molecule has 3 rings (SSSR count). The van der Waals surface area contributed by atoms with E-state index in [9.17, 15) is 9.90 Å². The second-order valence-corrected chi connectivity index (χ2v) is 4.88. The molecular formula is C13H15N3O2. The lowest BCUT2D eigenvalue weighted by Crippen LogP contribution is -2.26. The third-order valence-electron chi connectivity index (χ3n) is 3.26. The smallest absolute Gasteiger partial charge is 0.337 e. The molecule has 5 heteroatoms. The molecule has 0 aliphatic heterocycles. The first-order valence-electron chi connectivity index (χ1n) is 6.02. The number of aromatic carboxylic acids is 1. The van der Waals surface area contributed by atoms with Gasteiger partial charge in [-0.05, 0) is 25.0 Å². The summed E-state index contributed by atoms with van der Waals surface area (Å²) in [4.78, 5) is 15.8. The lowest BCUT2D eigenvalue weighted by Gasteiger charge is -2.18. The molecule has 0 amide bonds. The average molecular weight is 245 g/mol. The van der Waals surface area contributed by atoms with Gasteiger partial charge in [0, 0.05) is 20.0 Å². The molecule has 18 heavy (non-hydrogen) atoms. The van der Waals surface area contributed by atoms with Crippen molar-refractivity contribution in [3.05, 3.63) is 29.6 Å². The molecule has 1 aliphatic rings. The maximum atomic E-state index is 11.2. The Morgan fingerprint density at radius 2 is 2.17 bits per heavy atom. The number of carboxylic acids is 1. The van der Waals surface area contributed by atoms with E-state index < -0.39 is 5.97 Å². The second kappa shape index (κ2) is 3.73. The zero-order valence-electron chi connectivity index (χ0n) is 10.4. The predicted molar refractivity (Wildman–Crippen MR) is 68.7 cm³/mol. The van der Waals surface area contributed by atoms with Crippen LogP contribution in [0, 0.1) is 0 Å². The number of benzene rings is 1. The molecule has 0 unspecified atom stereocenters. The van der Waals surface area contributed by atoms with Gasteiger partial charge in [0.1, 0.15) is 11.3 Å². The van der Waals surface area contributed by atoms with Crippen molar-refractivity contribution in [1.29, 1.82) is 0 Å². The number of hydrogen-bond donors (Lipinski definition) is 1. The second-order valence-electron chi connectivity index (χ2n) is 4.88. The molecule has 1 N–H and O–H groups in total. The Kier molecular flexibility index (Phi) is 2.29. The summed E-state index contributed by atoms with van der Waals surface area (Å²) in [6, 6.07) is 5.29. The van der Waals surface area contributed by atoms with Crippen LogP contribution in [-0.2, 0) is 0 Å². The van der Waals surface area contributed by atoms with Crippen molar-refractivity contribution in [2.45, 2.75) is 18.8 Å². The van der Waals surface area contributed by atoms with Gasteiger partial charge in [-0.1, -0.05) is 6.07 Å². The summed E-state index contributed by atoms with van der Waals surface area (Å²) in [5.74, 6) is 0.525. The monoisotopic (exact) mass is 245 g/mol. The molecule has 1 fully saturated rings. The Morgan fingerprint density at radius 1 is 1.44 bits per heavy atom. The summed E-state index contributed by atoms with van der Waals surface area (Å²) in [7, 11) is 3.89. The summed E-state index contributed by atoms with van der Waals surface area (Å²) in [5.41, 5.74) is 1.72. The van der Waals surface area contributed by atoms with Crippen LogP contribution >= 0.6 is 0 Å². The molecule has 0 bridgehead atoms. The first-order chi connectivity index (χ1) is 8.59. The first kappa shape index (κ1) is 11.1. The summed E-state index contributed by atoms with van der Waals surface area (Å²) >= 11 is 0. The van der Waals surface area contributed by atoms with Crippen molar-refractivity contribution in [3.8, 4) is 0 Å². The minimum atomic E-state index is -0.925. The minimum absolute atomic E-state index is 0.273. The average Bonchev–Trinajstić information content (AvgIpc) is 3.07. The summed E-state index contributed by atoms with van der Waals surface area (Å²) in [5, 5.41) is 11.2. The molecule has 2 aromatic rings. The molecular weight excluding hydrogens is 230 g/mol. The van der Waals surface area contributed by atoms with Gasteiger partial charge in [-0.3, -0.25) is 0 Å². The standard InChI is InChI=1S/C13H15N3O2/c1-15(2)16-10-5-3-4-9(13(17)18)11(10)14-12(16)8-6-7-8/h3-5,8H,6-7H2,1-2H3,(H,17,18). The number of imidazole rings is 1. The van der Waals surface area contributed by atoms with Gasteiger partial charge in [0.25, 0.3) is 0 Å². The molecule has 5 nitrogen and oxygen atoms in total. The Morgan fingerprint density at radius 3 is 2.72 bits per heavy atom. The van der Waals surface area contributed by atoms with Crippen LogP contribution in [0.3, 0.4) is 0 Å². The quantitative estimate of drug-likeness (QED) is 0.896. The molecule has 0 spiro atoms. The SMILES string of the molecule is CN(C)n1c(C2CC2)nc2c(C(=O)O)cccc21. The first-order valence-corrected chi connectivity index (χ1v) is 6.02. The number of hydrogen-bond acceptors (Lipinski definition) is 3. The van der Waals surface area contributed by atoms with Crippen molar-refractivity contribution < 1.29 is 9.90 Å². The normalized spacial score (nSPS) is 15.0. The van der Waals surface area contributed by atoms with Crippen LogP contribution in [0.2, 0.25) is 0 Å². The highest BCUT2D eigenvalue weighted by Gasteiger charge is 2.31. The highest BCUT2D eigenvalue weighted by Crippen LogP contribution is 2.40. The summed E-state index contributed by atoms with van der Waals surface area (Å²) in [6.45, 7) is 0. The van der Waals surface area contributed by atoms with Gasteiger partial charge < -0.3 is 10.1 Å². The zero-order chi connectivity index (χ0) is 12.9. The fourth-order valence-corrected chi connectivity index (χ4v) is 2.30. The maximum absolute atomic E-state index is 11.2. The summed E-state index contributed by atoms with van der Waals surface area (Å²) in [6.07, 6.45) is 2.28. The van der Waals surface area contributed by atoms with Gasteiger partial charge in [0.05, 0.1) is 11.1 Å². The number of para-hydroxylation sites is 1. The molecule has 0 radical (unpaired) electrons. The van der Waals surface area contributed by atoms with E-state index in [0.29, 0.717) is 11.4 Å². The van der Waals surface area contributed by atoms with Crippen LogP contribution in [0.4, 0.5) is 0 Å². The zero-order valence-corrected chi connectivity index (χ0v) is 10.4. The minimum Gasteiger partial charge on any atom is -0.478 e. The van der Waals surface area contributed by atoms with Crippen molar-refractivity contribution in [2.24, 2.45) is 0 Å². The molecule has 1 aromatic carbocycles. The van der Waals surface area contributed by atoms with Crippen LogP contribution in [-0.4, -0.2) is 34.8 Å². The number of nitrogens with zero attached hydrogens (tertiary/aromatic N) is 3. The maximum Gasteiger partial charge on any atom is 0.337 e. The predicted octanol–water partition coefficient (Wildman–Crippen LogP) is 1.81. The number of rotatable bonds is 3. The van der Waals surface area contributed by atoms with Gasteiger partial charge in [-0.2, -0.15) is 0 Å². The van der Waals surface area contributed by atoms with E-state index in [1.54, 1.807) is 12.1 Å². The van der Waals surface area contributed by atoms with E-state index in [1.165, 1.54) is 0 Å². The molecule has 0 atom stereocenters. The van der Waals surface area contributed by atoms with E-state index in [1.807, 2.05) is 29.8 Å². The van der Waals surface area contributed by atoms with Gasteiger partial charge >= 0.3 is 5.97 Å². The highest BCUT2D eigenvalue weighted by atomic mass is 16.4. The molecule has 1 saturated carbocycles. The van der Waals surface area contributed by atoms with Crippen molar-refractivity contribution >= 4 is 17.0 Å². The van der Waals surface area contributed by atoms with Crippen LogP contribution in [0.25, 0.3) is 11.0 Å². The Hall–Kier alpha value is -2.04. The number of aromatic nitrogens is 2. The lowest BCUT2D eigenvalue weighted by atomic mass is 10.2. The van der Waals surface area contributed by atoms with E-state index >= 15 is 0 Å². The van der Waals surface area contributed by atoms with Gasteiger partial charge in [0.15, 0.2) is 0 Å².